The first-order chi connectivity index (χ1) is 10.3. The molecule has 1 unspecified atom stereocenters. The quantitative estimate of drug-likeness (QED) is 0.856. The van der Waals surface area contributed by atoms with Gasteiger partial charge in [-0.3, -0.25) is 4.68 Å². The van der Waals surface area contributed by atoms with E-state index in [-0.39, 0.29) is 6.04 Å². The second kappa shape index (κ2) is 6.44. The summed E-state index contributed by atoms with van der Waals surface area (Å²) < 4.78 is 2.01. The molecule has 1 atom stereocenters. The summed E-state index contributed by atoms with van der Waals surface area (Å²) in [6, 6.07) is 8.80. The van der Waals surface area contributed by atoms with Crippen molar-refractivity contribution in [3.8, 4) is 0 Å². The predicted octanol–water partition coefficient (Wildman–Crippen LogP) is 4.11. The fraction of sp³-hybridized carbons (Fsp3) is 0.500. The molecule has 0 bridgehead atoms. The van der Waals surface area contributed by atoms with E-state index in [9.17, 15) is 0 Å². The summed E-state index contributed by atoms with van der Waals surface area (Å²) in [4.78, 5) is 0. The molecule has 1 aromatic heterocycles. The van der Waals surface area contributed by atoms with Gasteiger partial charge >= 0.3 is 0 Å². The Morgan fingerprint density at radius 2 is 2.10 bits per heavy atom. The number of benzene rings is 1. The molecule has 1 heterocycles. The van der Waals surface area contributed by atoms with E-state index in [0.29, 0.717) is 0 Å². The minimum Gasteiger partial charge on any atom is -0.305 e. The molecule has 0 spiro atoms. The van der Waals surface area contributed by atoms with E-state index in [1.54, 1.807) is 0 Å². The maximum Gasteiger partial charge on any atom is 0.0914 e. The van der Waals surface area contributed by atoms with Gasteiger partial charge in [0.05, 0.1) is 17.3 Å². The molecule has 0 saturated carbocycles. The number of allylic oxidation sites excluding steroid dienone is 1. The van der Waals surface area contributed by atoms with Crippen LogP contribution in [0.5, 0.6) is 0 Å². The average molecular weight is 283 g/mol. The highest BCUT2D eigenvalue weighted by molar-refractivity contribution is 5.82. The van der Waals surface area contributed by atoms with Crippen molar-refractivity contribution in [2.45, 2.75) is 45.1 Å². The Hall–Kier alpha value is -1.61. The largest absolute Gasteiger partial charge is 0.305 e. The molecule has 1 aliphatic rings. The number of fused-ring (bicyclic) bond motifs is 1. The highest BCUT2D eigenvalue weighted by Crippen LogP contribution is 2.32. The molecule has 3 rings (SSSR count). The molecule has 0 amide bonds. The van der Waals surface area contributed by atoms with Gasteiger partial charge in [-0.25, -0.2) is 0 Å². The number of rotatable bonds is 4. The van der Waals surface area contributed by atoms with Crippen molar-refractivity contribution < 1.29 is 0 Å². The van der Waals surface area contributed by atoms with Crippen LogP contribution in [0.25, 0.3) is 10.9 Å². The Morgan fingerprint density at radius 1 is 1.24 bits per heavy atom. The number of aryl methyl sites for hydroxylation is 1. The molecule has 21 heavy (non-hydrogen) atoms. The first-order valence-electron chi connectivity index (χ1n) is 8.15. The fourth-order valence-electron chi connectivity index (χ4n) is 3.36. The Labute approximate surface area is 127 Å². The van der Waals surface area contributed by atoms with Crippen LogP contribution in [0.2, 0.25) is 0 Å². The van der Waals surface area contributed by atoms with Crippen LogP contribution < -0.4 is 5.32 Å². The lowest BCUT2D eigenvalue weighted by atomic mass is 9.97. The molecular weight excluding hydrogens is 258 g/mol. The third kappa shape index (κ3) is 2.88. The Morgan fingerprint density at radius 3 is 2.95 bits per heavy atom. The number of nitrogens with zero attached hydrogens (tertiary/aromatic N) is 2. The SMILES string of the molecule is CCNC(C1=CCCCCC1)c1nn(C)c2ccccc12. The smallest absolute Gasteiger partial charge is 0.0914 e. The average Bonchev–Trinajstić information content (AvgIpc) is 2.70. The molecule has 0 aliphatic heterocycles. The van der Waals surface area contributed by atoms with Gasteiger partial charge in [-0.15, -0.1) is 0 Å². The Kier molecular flexibility index (Phi) is 4.39. The van der Waals surface area contributed by atoms with Crippen molar-refractivity contribution >= 4 is 10.9 Å². The summed E-state index contributed by atoms with van der Waals surface area (Å²) in [6.07, 6.45) is 8.83. The Bertz CT molecular complexity index is 639. The van der Waals surface area contributed by atoms with Gasteiger partial charge in [-0.2, -0.15) is 5.10 Å². The van der Waals surface area contributed by atoms with Crippen molar-refractivity contribution in [1.82, 2.24) is 15.1 Å². The fourth-order valence-corrected chi connectivity index (χ4v) is 3.36. The van der Waals surface area contributed by atoms with Gasteiger partial charge in [-0.05, 0) is 38.3 Å². The summed E-state index contributed by atoms with van der Waals surface area (Å²) in [5, 5.41) is 9.76. The monoisotopic (exact) mass is 283 g/mol. The van der Waals surface area contributed by atoms with Crippen molar-refractivity contribution in [1.29, 1.82) is 0 Å². The molecule has 3 nitrogen and oxygen atoms in total. The molecule has 1 aliphatic carbocycles. The molecule has 0 fully saturated rings. The van der Waals surface area contributed by atoms with Gasteiger partial charge in [0.15, 0.2) is 0 Å². The first-order valence-corrected chi connectivity index (χ1v) is 8.15. The normalized spacial score (nSPS) is 17.5. The Balaban J connectivity index is 2.04. The van der Waals surface area contributed by atoms with Crippen LogP contribution in [0, 0.1) is 0 Å². The maximum atomic E-state index is 4.83. The molecule has 0 saturated heterocycles. The van der Waals surface area contributed by atoms with E-state index in [1.165, 1.54) is 54.3 Å². The van der Waals surface area contributed by atoms with Crippen LogP contribution in [0.1, 0.15) is 50.8 Å². The highest BCUT2D eigenvalue weighted by atomic mass is 15.3. The van der Waals surface area contributed by atoms with Crippen LogP contribution in [-0.2, 0) is 7.05 Å². The standard InChI is InChI=1S/C18H25N3/c1-3-19-17(14-10-6-4-5-7-11-14)18-15-12-8-9-13-16(15)21(2)20-18/h8-10,12-13,17,19H,3-7,11H2,1-2H3. The zero-order valence-corrected chi connectivity index (χ0v) is 13.1. The third-order valence-electron chi connectivity index (χ3n) is 4.41. The van der Waals surface area contributed by atoms with E-state index in [4.69, 9.17) is 5.10 Å². The van der Waals surface area contributed by atoms with E-state index in [0.717, 1.165) is 6.54 Å². The lowest BCUT2D eigenvalue weighted by molar-refractivity contribution is 0.570. The number of hydrogen-bond acceptors (Lipinski definition) is 2. The van der Waals surface area contributed by atoms with Crippen molar-refractivity contribution in [3.63, 3.8) is 0 Å². The van der Waals surface area contributed by atoms with Crippen LogP contribution in [0.3, 0.4) is 0 Å². The lowest BCUT2D eigenvalue weighted by Crippen LogP contribution is -2.23. The minimum atomic E-state index is 0.263. The summed E-state index contributed by atoms with van der Waals surface area (Å²) >= 11 is 0. The van der Waals surface area contributed by atoms with Gasteiger partial charge in [0.1, 0.15) is 0 Å². The highest BCUT2D eigenvalue weighted by Gasteiger charge is 2.22. The van der Waals surface area contributed by atoms with Gasteiger partial charge in [0.25, 0.3) is 0 Å². The van der Waals surface area contributed by atoms with E-state index in [1.807, 2.05) is 11.7 Å². The molecule has 112 valence electrons. The molecule has 1 N–H and O–H groups in total. The number of para-hydroxylation sites is 1. The molecule has 1 aromatic carbocycles. The summed E-state index contributed by atoms with van der Waals surface area (Å²) in [5.41, 5.74) is 3.92. The van der Waals surface area contributed by atoms with E-state index in [2.05, 4.69) is 42.6 Å². The second-order valence-corrected chi connectivity index (χ2v) is 5.90. The molecule has 2 aromatic rings. The predicted molar refractivity (Wildman–Crippen MR) is 88.3 cm³/mol. The number of hydrogen-bond donors (Lipinski definition) is 1. The van der Waals surface area contributed by atoms with Gasteiger partial charge in [0.2, 0.25) is 0 Å². The third-order valence-corrected chi connectivity index (χ3v) is 4.41. The topological polar surface area (TPSA) is 29.9 Å². The zero-order valence-electron chi connectivity index (χ0n) is 13.1. The molecule has 3 heteroatoms. The first kappa shape index (κ1) is 14.3. The lowest BCUT2D eigenvalue weighted by Gasteiger charge is -2.19. The molecular formula is C18H25N3. The summed E-state index contributed by atoms with van der Waals surface area (Å²) in [7, 11) is 2.04. The number of nitrogens with one attached hydrogen (secondary N) is 1. The van der Waals surface area contributed by atoms with Gasteiger partial charge in [0, 0.05) is 12.4 Å². The van der Waals surface area contributed by atoms with Gasteiger partial charge < -0.3 is 5.32 Å². The van der Waals surface area contributed by atoms with Crippen molar-refractivity contribution in [2.24, 2.45) is 7.05 Å². The van der Waals surface area contributed by atoms with Crippen LogP contribution in [0.15, 0.2) is 35.9 Å². The minimum absolute atomic E-state index is 0.263. The molecule has 0 radical (unpaired) electrons. The second-order valence-electron chi connectivity index (χ2n) is 5.90. The van der Waals surface area contributed by atoms with Crippen molar-refractivity contribution in [2.75, 3.05) is 6.54 Å². The number of aromatic nitrogens is 2. The van der Waals surface area contributed by atoms with Gasteiger partial charge in [-0.1, -0.05) is 43.2 Å². The number of likely N-dealkylation sites (N-methyl/N-ethyl adjacent to an activating group) is 1. The maximum absolute atomic E-state index is 4.83. The summed E-state index contributed by atoms with van der Waals surface area (Å²) in [6.45, 7) is 3.14. The van der Waals surface area contributed by atoms with Crippen LogP contribution >= 0.6 is 0 Å². The summed E-state index contributed by atoms with van der Waals surface area (Å²) in [5.74, 6) is 0. The van der Waals surface area contributed by atoms with E-state index >= 15 is 0 Å². The van der Waals surface area contributed by atoms with E-state index < -0.39 is 0 Å². The zero-order chi connectivity index (χ0) is 14.7. The van der Waals surface area contributed by atoms with Crippen molar-refractivity contribution in [3.05, 3.63) is 41.6 Å². The van der Waals surface area contributed by atoms with Crippen LogP contribution in [-0.4, -0.2) is 16.3 Å². The van der Waals surface area contributed by atoms with Crippen LogP contribution in [0.4, 0.5) is 0 Å².